The van der Waals surface area contributed by atoms with E-state index in [9.17, 15) is 9.59 Å². The van der Waals surface area contributed by atoms with Gasteiger partial charge in [-0.05, 0) is 74.0 Å². The van der Waals surface area contributed by atoms with Crippen LogP contribution < -0.4 is 5.73 Å². The van der Waals surface area contributed by atoms with Gasteiger partial charge in [0, 0.05) is 24.7 Å². The predicted molar refractivity (Wildman–Crippen MR) is 144 cm³/mol. The first-order chi connectivity index (χ1) is 16.9. The van der Waals surface area contributed by atoms with Crippen LogP contribution in [-0.2, 0) is 16.0 Å². The molecule has 1 spiro atoms. The zero-order valence-electron chi connectivity index (χ0n) is 21.3. The zero-order valence-corrected chi connectivity index (χ0v) is 22.8. The van der Waals surface area contributed by atoms with Crippen molar-refractivity contribution in [3.63, 3.8) is 0 Å². The second-order valence-electron chi connectivity index (χ2n) is 11.5. The minimum absolute atomic E-state index is 0. The Hall–Kier alpha value is -1.50. The van der Waals surface area contributed by atoms with Gasteiger partial charge in [-0.3, -0.25) is 9.69 Å². The van der Waals surface area contributed by atoms with Crippen molar-refractivity contribution in [3.8, 4) is 0 Å². The fraction of sp³-hybridized carbons (Fsp3) is 0.714. The summed E-state index contributed by atoms with van der Waals surface area (Å²) in [6.45, 7) is 2.78. The molecule has 36 heavy (non-hydrogen) atoms. The summed E-state index contributed by atoms with van der Waals surface area (Å²) in [6, 6.07) is 7.01. The lowest BCUT2D eigenvalue weighted by Gasteiger charge is -2.51. The molecule has 8 heteroatoms. The summed E-state index contributed by atoms with van der Waals surface area (Å²) in [7, 11) is 0. The Labute approximate surface area is 226 Å². The van der Waals surface area contributed by atoms with Crippen molar-refractivity contribution in [1.82, 2.24) is 9.80 Å². The van der Waals surface area contributed by atoms with Crippen molar-refractivity contribution in [2.75, 3.05) is 26.2 Å². The summed E-state index contributed by atoms with van der Waals surface area (Å²) in [5.74, 6) is 0.646. The molecule has 2 N–H and O–H groups in total. The summed E-state index contributed by atoms with van der Waals surface area (Å²) in [5.41, 5.74) is 7.37. The van der Waals surface area contributed by atoms with E-state index in [0.717, 1.165) is 50.9 Å². The smallest absolute Gasteiger partial charge is 0.410 e. The Kier molecular flexibility index (Phi) is 8.79. The number of nitrogens with two attached hydrogens (primary N) is 1. The van der Waals surface area contributed by atoms with Gasteiger partial charge in [0.2, 0.25) is 5.91 Å². The molecular weight excluding hydrogens is 497 g/mol. The van der Waals surface area contributed by atoms with Crippen LogP contribution in [0.4, 0.5) is 4.79 Å². The van der Waals surface area contributed by atoms with E-state index in [0.29, 0.717) is 24.0 Å². The lowest BCUT2D eigenvalue weighted by Crippen LogP contribution is -2.57. The van der Waals surface area contributed by atoms with Gasteiger partial charge in [0.05, 0.1) is 11.6 Å². The minimum atomic E-state index is -0.548. The molecule has 4 fully saturated rings. The first kappa shape index (κ1) is 27.5. The van der Waals surface area contributed by atoms with Gasteiger partial charge >= 0.3 is 6.09 Å². The number of piperidine rings is 1. The number of rotatable bonds is 6. The van der Waals surface area contributed by atoms with Crippen LogP contribution in [0.5, 0.6) is 0 Å². The summed E-state index contributed by atoms with van der Waals surface area (Å²) in [6.07, 6.45) is 13.1. The molecule has 1 atom stereocenters. The number of cyclic esters (lactones) is 1. The van der Waals surface area contributed by atoms with E-state index < -0.39 is 6.04 Å². The van der Waals surface area contributed by atoms with Gasteiger partial charge < -0.3 is 15.4 Å². The second kappa shape index (κ2) is 11.5. The maximum Gasteiger partial charge on any atom is 0.410 e. The van der Waals surface area contributed by atoms with Crippen molar-refractivity contribution in [2.24, 2.45) is 17.1 Å². The van der Waals surface area contributed by atoms with E-state index in [1.54, 1.807) is 0 Å². The highest BCUT2D eigenvalue weighted by molar-refractivity contribution is 6.30. The van der Waals surface area contributed by atoms with Crippen LogP contribution in [0.3, 0.4) is 0 Å². The van der Waals surface area contributed by atoms with Crippen molar-refractivity contribution >= 4 is 36.0 Å². The van der Waals surface area contributed by atoms with Gasteiger partial charge in [-0.1, -0.05) is 55.8 Å². The Morgan fingerprint density at radius 2 is 1.67 bits per heavy atom. The SMILES string of the molecule is Cl.NC(Cc1ccc(Cl)cc1)C(=O)N1CCC(CN2C(=O)OCC23CCCC3)(C2CCCCC2)CC1. The monoisotopic (exact) mass is 537 g/mol. The van der Waals surface area contributed by atoms with Crippen LogP contribution in [0, 0.1) is 11.3 Å². The highest BCUT2D eigenvalue weighted by Gasteiger charge is 2.53. The van der Waals surface area contributed by atoms with E-state index in [-0.39, 0.29) is 35.4 Å². The van der Waals surface area contributed by atoms with E-state index in [1.807, 2.05) is 29.2 Å². The Morgan fingerprint density at radius 1 is 1.03 bits per heavy atom. The predicted octanol–water partition coefficient (Wildman–Crippen LogP) is 5.59. The fourth-order valence-corrected chi connectivity index (χ4v) is 7.45. The molecule has 1 aromatic rings. The molecule has 2 amide bonds. The molecule has 0 bridgehead atoms. The number of ether oxygens (including phenoxy) is 1. The van der Waals surface area contributed by atoms with Gasteiger partial charge in [-0.2, -0.15) is 0 Å². The third-order valence-corrected chi connectivity index (χ3v) is 9.74. The number of amides is 2. The van der Waals surface area contributed by atoms with Crippen LogP contribution in [0.1, 0.15) is 76.2 Å². The van der Waals surface area contributed by atoms with E-state index >= 15 is 0 Å². The number of hydrogen-bond donors (Lipinski definition) is 1. The van der Waals surface area contributed by atoms with Crippen LogP contribution >= 0.6 is 24.0 Å². The average molecular weight is 539 g/mol. The number of benzene rings is 1. The fourth-order valence-electron chi connectivity index (χ4n) is 7.32. The third-order valence-electron chi connectivity index (χ3n) is 9.49. The highest BCUT2D eigenvalue weighted by Crippen LogP contribution is 2.49. The normalized spacial score (nSPS) is 24.4. The zero-order chi connectivity index (χ0) is 24.5. The molecule has 6 nitrogen and oxygen atoms in total. The molecule has 1 aromatic carbocycles. The molecular formula is C28H41Cl2N3O3. The van der Waals surface area contributed by atoms with Gasteiger partial charge in [-0.25, -0.2) is 4.79 Å². The maximum absolute atomic E-state index is 13.2. The van der Waals surface area contributed by atoms with Crippen molar-refractivity contribution in [3.05, 3.63) is 34.9 Å². The Balaban J connectivity index is 0.00000304. The Bertz CT molecular complexity index is 905. The van der Waals surface area contributed by atoms with Crippen LogP contribution in [-0.4, -0.2) is 59.6 Å². The minimum Gasteiger partial charge on any atom is -0.447 e. The lowest BCUT2D eigenvalue weighted by atomic mass is 9.63. The molecule has 0 radical (unpaired) electrons. The van der Waals surface area contributed by atoms with Gasteiger partial charge in [0.1, 0.15) is 6.61 Å². The number of nitrogens with zero attached hydrogens (tertiary/aromatic N) is 2. The molecule has 2 saturated carbocycles. The number of carbonyl (C=O) groups excluding carboxylic acids is 2. The Morgan fingerprint density at radius 3 is 2.31 bits per heavy atom. The number of likely N-dealkylation sites (tertiary alicyclic amines) is 1. The summed E-state index contributed by atoms with van der Waals surface area (Å²) in [4.78, 5) is 30.2. The first-order valence-corrected chi connectivity index (χ1v) is 14.0. The van der Waals surface area contributed by atoms with E-state index in [1.165, 1.54) is 44.9 Å². The number of halogens is 2. The molecule has 0 aromatic heterocycles. The maximum atomic E-state index is 13.2. The molecule has 2 saturated heterocycles. The largest absolute Gasteiger partial charge is 0.447 e. The topological polar surface area (TPSA) is 75.9 Å². The van der Waals surface area contributed by atoms with E-state index in [4.69, 9.17) is 22.1 Å². The van der Waals surface area contributed by atoms with Crippen LogP contribution in [0.25, 0.3) is 0 Å². The van der Waals surface area contributed by atoms with Crippen LogP contribution in [0.15, 0.2) is 24.3 Å². The van der Waals surface area contributed by atoms with Crippen molar-refractivity contribution in [1.29, 1.82) is 0 Å². The quantitative estimate of drug-likeness (QED) is 0.513. The molecule has 4 aliphatic rings. The average Bonchev–Trinajstić information content (AvgIpc) is 3.48. The highest BCUT2D eigenvalue weighted by atomic mass is 35.5. The van der Waals surface area contributed by atoms with Gasteiger partial charge in [-0.15, -0.1) is 12.4 Å². The lowest BCUT2D eigenvalue weighted by molar-refractivity contribution is -0.136. The molecule has 2 heterocycles. The third kappa shape index (κ3) is 5.51. The van der Waals surface area contributed by atoms with Crippen LogP contribution in [0.2, 0.25) is 5.02 Å². The van der Waals surface area contributed by atoms with Gasteiger partial charge in [0.15, 0.2) is 0 Å². The molecule has 2 aliphatic carbocycles. The molecule has 2 aliphatic heterocycles. The summed E-state index contributed by atoms with van der Waals surface area (Å²) >= 11 is 5.99. The first-order valence-electron chi connectivity index (χ1n) is 13.6. The molecule has 5 rings (SSSR count). The van der Waals surface area contributed by atoms with Crippen molar-refractivity contribution in [2.45, 2.75) is 88.6 Å². The number of carbonyl (C=O) groups is 2. The van der Waals surface area contributed by atoms with Gasteiger partial charge in [0.25, 0.3) is 0 Å². The number of hydrogen-bond acceptors (Lipinski definition) is 4. The van der Waals surface area contributed by atoms with Crippen molar-refractivity contribution < 1.29 is 14.3 Å². The second-order valence-corrected chi connectivity index (χ2v) is 12.0. The van der Waals surface area contributed by atoms with E-state index in [2.05, 4.69) is 4.90 Å². The summed E-state index contributed by atoms with van der Waals surface area (Å²) in [5, 5.41) is 0.685. The summed E-state index contributed by atoms with van der Waals surface area (Å²) < 4.78 is 5.63. The molecule has 1 unspecified atom stereocenters. The standard InChI is InChI=1S/C28H40ClN3O3.ClH/c29-23-10-8-21(9-11-23)18-24(30)25(33)31-16-14-27(15-17-31,22-6-2-1-3-7-22)19-32-26(34)35-20-28(32)12-4-5-13-28;/h8-11,22,24H,1-7,12-20,30H2;1H. The molecule has 200 valence electrons.